The lowest BCUT2D eigenvalue weighted by Crippen LogP contribution is -2.52. The van der Waals surface area contributed by atoms with E-state index in [0.717, 1.165) is 0 Å². The second kappa shape index (κ2) is 27.9. The number of carbonyl (C=O) groups excluding carboxylic acids is 4. The van der Waals surface area contributed by atoms with Crippen molar-refractivity contribution in [1.82, 2.24) is 21.3 Å². The van der Waals surface area contributed by atoms with E-state index >= 15 is 0 Å². The molecule has 4 amide bonds. The fourth-order valence-corrected chi connectivity index (χ4v) is 9.25. The average Bonchev–Trinajstić information content (AvgIpc) is 3.73. The van der Waals surface area contributed by atoms with Crippen molar-refractivity contribution in [3.63, 3.8) is 0 Å². The van der Waals surface area contributed by atoms with Crippen molar-refractivity contribution < 1.29 is 57.9 Å². The van der Waals surface area contributed by atoms with E-state index < -0.39 is 84.2 Å². The number of carboxylic acids is 2. The number of amides is 4. The first-order valence-electron chi connectivity index (χ1n) is 22.5. The molecule has 2 aliphatic carbocycles. The Morgan fingerprint density at radius 3 is 1.23 bits per heavy atom. The summed E-state index contributed by atoms with van der Waals surface area (Å²) in [7, 11) is 0. The van der Waals surface area contributed by atoms with Crippen LogP contribution in [0.1, 0.15) is 99.8 Å². The molecule has 0 aromatic rings. The monoisotopic (exact) mass is 913 g/mol. The van der Waals surface area contributed by atoms with Crippen LogP contribution in [0, 0.1) is 41.4 Å². The molecule has 2 aliphatic rings. The SMILES string of the molecule is CCC(CC)[C@@H](NC(C)=O)[C@@H]1[C@H](OC(=O)NCCOCCC(C)CCOCCNC(=O)O[C@H]2[C@@H]([C@H](NC(C)=O)C(CC)CC)[C@H](N=C(N)N)C[C@@H]2C(=O)O)[C@@H](C(=O)O)C[C@@H]1N=C(N)N. The minimum atomic E-state index is -1.17. The second-order valence-electron chi connectivity index (χ2n) is 16.9. The molecule has 1 unspecified atom stereocenters. The largest absolute Gasteiger partial charge is 0.481 e. The van der Waals surface area contributed by atoms with Crippen molar-refractivity contribution >= 4 is 47.9 Å². The van der Waals surface area contributed by atoms with Gasteiger partial charge in [0, 0.05) is 64.1 Å². The second-order valence-corrected chi connectivity index (χ2v) is 16.9. The molecule has 0 radical (unpaired) electrons. The molecule has 0 aromatic carbocycles. The predicted octanol–water partition coefficient (Wildman–Crippen LogP) is 1.23. The Morgan fingerprint density at radius 1 is 0.609 bits per heavy atom. The predicted molar refractivity (Wildman–Crippen MR) is 238 cm³/mol. The summed E-state index contributed by atoms with van der Waals surface area (Å²) in [6, 6.07) is -2.50. The molecule has 2 saturated carbocycles. The molecule has 0 bridgehead atoms. The Bertz CT molecular complexity index is 1460. The van der Waals surface area contributed by atoms with Crippen LogP contribution < -0.4 is 44.2 Å². The van der Waals surface area contributed by atoms with Crippen molar-refractivity contribution in [2.45, 2.75) is 136 Å². The third-order valence-corrected chi connectivity index (χ3v) is 12.4. The molecule has 0 spiro atoms. The fraction of sp³-hybridized carbons (Fsp3) is 0.810. The molecule has 0 saturated heterocycles. The number of aliphatic carboxylic acids is 2. The number of carboxylic acid groups (broad SMARTS) is 2. The summed E-state index contributed by atoms with van der Waals surface area (Å²) in [6.07, 6.45) is 0.249. The highest BCUT2D eigenvalue weighted by Gasteiger charge is 2.55. The third kappa shape index (κ3) is 17.5. The zero-order valence-electron chi connectivity index (χ0n) is 38.6. The average molecular weight is 913 g/mol. The first-order valence-corrected chi connectivity index (χ1v) is 22.5. The molecule has 0 aliphatic heterocycles. The summed E-state index contributed by atoms with van der Waals surface area (Å²) < 4.78 is 22.9. The van der Waals surface area contributed by atoms with E-state index in [9.17, 15) is 39.0 Å². The molecular formula is C42H76N10O12. The number of nitrogens with one attached hydrogen (secondary N) is 4. The zero-order chi connectivity index (χ0) is 48.1. The number of hydrogen-bond acceptors (Lipinski definition) is 12. The summed E-state index contributed by atoms with van der Waals surface area (Å²) in [4.78, 5) is 83.8. The van der Waals surface area contributed by atoms with E-state index in [1.165, 1.54) is 13.8 Å². The topological polar surface area (TPSA) is 357 Å². The Hall–Kier alpha value is -5.12. The number of nitrogens with zero attached hydrogens (tertiary/aromatic N) is 2. The first kappa shape index (κ1) is 55.0. The van der Waals surface area contributed by atoms with Gasteiger partial charge >= 0.3 is 24.1 Å². The van der Waals surface area contributed by atoms with Crippen LogP contribution in [-0.2, 0) is 38.1 Å². The van der Waals surface area contributed by atoms with E-state index in [1.54, 1.807) is 0 Å². The van der Waals surface area contributed by atoms with Gasteiger partial charge in [-0.25, -0.2) is 19.6 Å². The minimum absolute atomic E-state index is 0.0211. The lowest BCUT2D eigenvalue weighted by molar-refractivity contribution is -0.146. The van der Waals surface area contributed by atoms with Gasteiger partial charge in [-0.05, 0) is 43.4 Å². The maximum absolute atomic E-state index is 13.0. The first-order chi connectivity index (χ1) is 30.3. The van der Waals surface area contributed by atoms with Crippen LogP contribution in [-0.4, -0.2) is 134 Å². The van der Waals surface area contributed by atoms with Gasteiger partial charge in [-0.3, -0.25) is 19.2 Å². The highest BCUT2D eigenvalue weighted by Crippen LogP contribution is 2.43. The highest BCUT2D eigenvalue weighted by atomic mass is 16.6. The molecule has 64 heavy (non-hydrogen) atoms. The van der Waals surface area contributed by atoms with Gasteiger partial charge in [-0.1, -0.05) is 60.3 Å². The normalized spacial score (nSPS) is 24.2. The maximum Gasteiger partial charge on any atom is 0.407 e. The van der Waals surface area contributed by atoms with Crippen LogP contribution in [0.2, 0.25) is 0 Å². The Kier molecular flexibility index (Phi) is 24.0. The molecule has 22 heteroatoms. The molecule has 22 nitrogen and oxygen atoms in total. The van der Waals surface area contributed by atoms with Crippen LogP contribution in [0.5, 0.6) is 0 Å². The highest BCUT2D eigenvalue weighted by molar-refractivity contribution is 5.78. The number of hydrogen-bond donors (Lipinski definition) is 10. The summed E-state index contributed by atoms with van der Waals surface area (Å²) in [5.74, 6) is -6.91. The molecule has 2 rings (SSSR count). The number of nitrogens with two attached hydrogens (primary N) is 4. The third-order valence-electron chi connectivity index (χ3n) is 12.4. The van der Waals surface area contributed by atoms with Crippen molar-refractivity contribution in [2.24, 2.45) is 74.3 Å². The number of aliphatic imine (C=N–C) groups is 2. The molecule has 2 fully saturated rings. The van der Waals surface area contributed by atoms with Crippen molar-refractivity contribution in [3.05, 3.63) is 0 Å². The van der Waals surface area contributed by atoms with Crippen LogP contribution in [0.25, 0.3) is 0 Å². The maximum atomic E-state index is 13.0. The smallest absolute Gasteiger partial charge is 0.407 e. The van der Waals surface area contributed by atoms with Gasteiger partial charge < -0.3 is 73.4 Å². The number of rotatable bonds is 28. The molecule has 14 N–H and O–H groups in total. The Labute approximate surface area is 376 Å². The lowest BCUT2D eigenvalue weighted by atomic mass is 9.80. The van der Waals surface area contributed by atoms with Gasteiger partial charge in [-0.15, -0.1) is 0 Å². The molecule has 11 atom stereocenters. The molecular weight excluding hydrogens is 837 g/mol. The summed E-state index contributed by atoms with van der Waals surface area (Å²) >= 11 is 0. The summed E-state index contributed by atoms with van der Waals surface area (Å²) in [5, 5.41) is 31.3. The van der Waals surface area contributed by atoms with Crippen molar-refractivity contribution in [3.8, 4) is 0 Å². The lowest BCUT2D eigenvalue weighted by Gasteiger charge is -2.36. The van der Waals surface area contributed by atoms with E-state index in [1.807, 2.05) is 34.6 Å². The van der Waals surface area contributed by atoms with E-state index in [0.29, 0.717) is 51.7 Å². The molecule has 0 heterocycles. The number of alkyl carbamates (subject to hydrolysis) is 2. The standard InChI is InChI=1S/C42H76N10O12/c1-8-25(9-2)33(49-23(6)53)31-29(51-39(43)44)20-27(37(55)56)35(31)63-41(59)47-14-18-61-16-12-22(5)13-17-62-19-15-48-42(60)64-36-28(38(57)58)21-30(52-40(45)46)32(36)34(50-24(7)54)26(10-3)11-4/h22,25-36H,8-21H2,1-7H3,(H,47,59)(H,48,60)(H,49,53)(H,50,54)(H,55,56)(H,57,58)(H4,43,44,51)(H4,45,46,52)/t22?,27-,28-,29-,30+,31+,32+,33+,34+,35+,36+/m0/s1. The Morgan fingerprint density at radius 2 is 0.953 bits per heavy atom. The van der Waals surface area contributed by atoms with Gasteiger partial charge in [0.15, 0.2) is 11.9 Å². The van der Waals surface area contributed by atoms with Gasteiger partial charge in [-0.2, -0.15) is 0 Å². The van der Waals surface area contributed by atoms with E-state index in [4.69, 9.17) is 41.9 Å². The number of ether oxygens (including phenoxy) is 4. The Balaban J connectivity index is 1.83. The van der Waals surface area contributed by atoms with Crippen molar-refractivity contribution in [1.29, 1.82) is 0 Å². The van der Waals surface area contributed by atoms with Gasteiger partial charge in [0.1, 0.15) is 12.2 Å². The van der Waals surface area contributed by atoms with Crippen LogP contribution >= 0.6 is 0 Å². The fourth-order valence-electron chi connectivity index (χ4n) is 9.25. The zero-order valence-corrected chi connectivity index (χ0v) is 38.6. The van der Waals surface area contributed by atoms with Crippen LogP contribution in [0.3, 0.4) is 0 Å². The van der Waals surface area contributed by atoms with Crippen molar-refractivity contribution in [2.75, 3.05) is 39.5 Å². The minimum Gasteiger partial charge on any atom is -0.481 e. The van der Waals surface area contributed by atoms with Gasteiger partial charge in [0.2, 0.25) is 11.8 Å². The van der Waals surface area contributed by atoms with E-state index in [-0.39, 0.29) is 80.6 Å². The molecule has 0 aromatic heterocycles. The quantitative estimate of drug-likeness (QED) is 0.0300. The number of carbonyl (C=O) groups is 6. The van der Waals surface area contributed by atoms with Crippen LogP contribution in [0.15, 0.2) is 9.98 Å². The summed E-state index contributed by atoms with van der Waals surface area (Å²) in [5.41, 5.74) is 22.8. The molecule has 366 valence electrons. The summed E-state index contributed by atoms with van der Waals surface area (Å²) in [6.45, 7) is 14.0. The van der Waals surface area contributed by atoms with E-state index in [2.05, 4.69) is 31.3 Å². The van der Waals surface area contributed by atoms with Crippen LogP contribution in [0.4, 0.5) is 9.59 Å². The van der Waals surface area contributed by atoms with Gasteiger partial charge in [0.05, 0.1) is 37.1 Å². The van der Waals surface area contributed by atoms with Gasteiger partial charge in [0.25, 0.3) is 0 Å². The number of guanidine groups is 2.